The molecule has 1 heteroatoms. The minimum absolute atomic E-state index is 0.488. The summed E-state index contributed by atoms with van der Waals surface area (Å²) in [4.78, 5) is 2.48. The highest BCUT2D eigenvalue weighted by Gasteiger charge is 2.46. The van der Waals surface area contributed by atoms with Gasteiger partial charge in [0.2, 0.25) is 0 Å². The van der Waals surface area contributed by atoms with Crippen molar-refractivity contribution in [3.8, 4) is 33.4 Å². The largest absolute Gasteiger partial charge is 0.311 e. The molecule has 0 heterocycles. The number of benzene rings is 8. The molecule has 0 amide bonds. The van der Waals surface area contributed by atoms with Crippen molar-refractivity contribution in [1.82, 2.24) is 0 Å². The van der Waals surface area contributed by atoms with Gasteiger partial charge in [0.15, 0.2) is 0 Å². The Balaban J connectivity index is 1.10. The number of anilines is 2. The summed E-state index contributed by atoms with van der Waals surface area (Å²) in [5, 5.41) is 0. The lowest BCUT2D eigenvalue weighted by atomic mass is 9.67. The molecule has 3 aliphatic rings. The van der Waals surface area contributed by atoms with E-state index in [1.54, 1.807) is 0 Å². The maximum atomic E-state index is 2.48. The van der Waals surface area contributed by atoms with Gasteiger partial charge in [0, 0.05) is 17.1 Å². The second-order valence-electron chi connectivity index (χ2n) is 15.9. The standard InChI is InChI=1S/C58H43N/c1-4-16-41(17-5-1)50-24-12-13-25-52(50)44-31-33-47(34-32-44)59(48-35-30-43-29-28-42-18-10-11-23-51(42)53(43)38-36-48)49-37-39-55-54-26-14-15-27-56(54)58(57(55)40-49,45-19-6-2-7-20-45)46-21-8-3-9-22-46/h1-10,12-22,24-37,39-40H,11,23,38H2. The molecule has 0 aliphatic heterocycles. The van der Waals surface area contributed by atoms with Gasteiger partial charge in [-0.2, -0.15) is 0 Å². The first-order valence-corrected chi connectivity index (χ1v) is 20.9. The zero-order valence-electron chi connectivity index (χ0n) is 32.9. The van der Waals surface area contributed by atoms with E-state index in [0.717, 1.165) is 30.6 Å². The number of hydrogen-bond acceptors (Lipinski definition) is 1. The van der Waals surface area contributed by atoms with Crippen LogP contribution in [-0.2, 0) is 18.3 Å². The Morgan fingerprint density at radius 2 is 0.966 bits per heavy atom. The third-order valence-electron chi connectivity index (χ3n) is 12.7. The fourth-order valence-corrected chi connectivity index (χ4v) is 10.0. The van der Waals surface area contributed by atoms with Crippen molar-refractivity contribution in [3.63, 3.8) is 0 Å². The van der Waals surface area contributed by atoms with Gasteiger partial charge in [-0.25, -0.2) is 0 Å². The van der Waals surface area contributed by atoms with Crippen molar-refractivity contribution in [2.45, 2.75) is 24.7 Å². The van der Waals surface area contributed by atoms with Crippen LogP contribution >= 0.6 is 0 Å². The molecular formula is C58H43N. The fraction of sp³-hybridized carbons (Fsp3) is 0.0690. The van der Waals surface area contributed by atoms with Crippen LogP contribution in [0.5, 0.6) is 0 Å². The van der Waals surface area contributed by atoms with Crippen LogP contribution < -0.4 is 4.90 Å². The van der Waals surface area contributed by atoms with E-state index in [1.807, 2.05) is 0 Å². The van der Waals surface area contributed by atoms with Crippen LogP contribution in [0.4, 0.5) is 11.4 Å². The van der Waals surface area contributed by atoms with Crippen molar-refractivity contribution >= 4 is 23.5 Å². The van der Waals surface area contributed by atoms with E-state index in [4.69, 9.17) is 0 Å². The molecule has 11 rings (SSSR count). The molecule has 1 nitrogen and oxygen atoms in total. The summed E-state index contributed by atoms with van der Waals surface area (Å²) in [6.07, 6.45) is 14.8. The van der Waals surface area contributed by atoms with Gasteiger partial charge < -0.3 is 4.90 Å². The number of fused-ring (bicyclic) bond motifs is 6. The molecule has 0 aromatic heterocycles. The van der Waals surface area contributed by atoms with Gasteiger partial charge in [-0.1, -0.05) is 194 Å². The first-order chi connectivity index (χ1) is 29.3. The Hall–Kier alpha value is -7.22. The lowest BCUT2D eigenvalue weighted by molar-refractivity contribution is 0.768. The van der Waals surface area contributed by atoms with Gasteiger partial charge in [0.25, 0.3) is 0 Å². The minimum Gasteiger partial charge on any atom is -0.311 e. The number of allylic oxidation sites excluding steroid dienone is 3. The molecule has 59 heavy (non-hydrogen) atoms. The highest BCUT2D eigenvalue weighted by atomic mass is 15.1. The van der Waals surface area contributed by atoms with Crippen molar-refractivity contribution in [1.29, 1.82) is 0 Å². The summed E-state index contributed by atoms with van der Waals surface area (Å²) >= 11 is 0. The molecule has 0 saturated carbocycles. The van der Waals surface area contributed by atoms with Gasteiger partial charge in [-0.15, -0.1) is 0 Å². The predicted octanol–water partition coefficient (Wildman–Crippen LogP) is 14.6. The Morgan fingerprint density at radius 1 is 0.407 bits per heavy atom. The highest BCUT2D eigenvalue weighted by Crippen LogP contribution is 2.57. The molecule has 0 unspecified atom stereocenters. The molecule has 3 aliphatic carbocycles. The zero-order chi connectivity index (χ0) is 39.2. The van der Waals surface area contributed by atoms with E-state index >= 15 is 0 Å². The second kappa shape index (κ2) is 14.6. The molecule has 0 saturated heterocycles. The van der Waals surface area contributed by atoms with Crippen LogP contribution in [0.1, 0.15) is 50.9 Å². The maximum Gasteiger partial charge on any atom is 0.0714 e. The van der Waals surface area contributed by atoms with E-state index in [0.29, 0.717) is 0 Å². The SMILES string of the molecule is C1=Cc2ccc3c(c2CC1)CC=C(N(c1ccc(-c2ccccc2-c2ccccc2)cc1)c1ccc2c(c1)C(c1ccccc1)(c1ccccc1)c1ccccc1-2)C=C3. The van der Waals surface area contributed by atoms with Gasteiger partial charge in [0.05, 0.1) is 5.41 Å². The topological polar surface area (TPSA) is 3.24 Å². The summed E-state index contributed by atoms with van der Waals surface area (Å²) < 4.78 is 0. The van der Waals surface area contributed by atoms with E-state index in [2.05, 4.69) is 229 Å². The van der Waals surface area contributed by atoms with Crippen molar-refractivity contribution in [2.24, 2.45) is 0 Å². The third kappa shape index (κ3) is 5.84. The summed E-state index contributed by atoms with van der Waals surface area (Å²) in [5.41, 5.74) is 21.2. The van der Waals surface area contributed by atoms with Gasteiger partial charge in [0.1, 0.15) is 0 Å². The van der Waals surface area contributed by atoms with Crippen molar-refractivity contribution in [3.05, 3.63) is 263 Å². The number of nitrogens with zero attached hydrogens (tertiary/aromatic N) is 1. The second-order valence-corrected chi connectivity index (χ2v) is 15.9. The van der Waals surface area contributed by atoms with Crippen LogP contribution in [0.25, 0.3) is 45.5 Å². The Labute approximate surface area is 347 Å². The highest BCUT2D eigenvalue weighted by molar-refractivity contribution is 5.90. The zero-order valence-corrected chi connectivity index (χ0v) is 32.9. The molecule has 0 N–H and O–H groups in total. The van der Waals surface area contributed by atoms with Crippen LogP contribution in [0, 0.1) is 0 Å². The normalized spacial score (nSPS) is 14.3. The van der Waals surface area contributed by atoms with Gasteiger partial charge in [-0.3, -0.25) is 0 Å². The average Bonchev–Trinajstić information content (AvgIpc) is 3.43. The van der Waals surface area contributed by atoms with Crippen LogP contribution in [-0.4, -0.2) is 0 Å². The van der Waals surface area contributed by atoms with Gasteiger partial charge >= 0.3 is 0 Å². The molecule has 8 aromatic carbocycles. The van der Waals surface area contributed by atoms with Crippen LogP contribution in [0.2, 0.25) is 0 Å². The summed E-state index contributed by atoms with van der Waals surface area (Å²) in [5.74, 6) is 0. The first kappa shape index (κ1) is 35.0. The Morgan fingerprint density at radius 3 is 1.66 bits per heavy atom. The summed E-state index contributed by atoms with van der Waals surface area (Å²) in [6.45, 7) is 0. The third-order valence-corrected chi connectivity index (χ3v) is 12.7. The number of rotatable bonds is 7. The monoisotopic (exact) mass is 753 g/mol. The van der Waals surface area contributed by atoms with Crippen LogP contribution in [0.3, 0.4) is 0 Å². The van der Waals surface area contributed by atoms with Crippen molar-refractivity contribution in [2.75, 3.05) is 4.90 Å². The molecule has 0 bridgehead atoms. The predicted molar refractivity (Wildman–Crippen MR) is 248 cm³/mol. The minimum atomic E-state index is -0.488. The number of hydrogen-bond donors (Lipinski definition) is 0. The average molecular weight is 754 g/mol. The van der Waals surface area contributed by atoms with E-state index < -0.39 is 5.41 Å². The quantitative estimate of drug-likeness (QED) is 0.157. The summed E-state index contributed by atoms with van der Waals surface area (Å²) in [7, 11) is 0. The Bertz CT molecular complexity index is 2890. The smallest absolute Gasteiger partial charge is 0.0714 e. The molecule has 0 radical (unpaired) electrons. The molecule has 280 valence electrons. The van der Waals surface area contributed by atoms with E-state index in [1.165, 1.54) is 83.6 Å². The molecule has 8 aromatic rings. The molecule has 0 spiro atoms. The first-order valence-electron chi connectivity index (χ1n) is 20.9. The molecule has 0 atom stereocenters. The molecular weight excluding hydrogens is 711 g/mol. The van der Waals surface area contributed by atoms with Crippen molar-refractivity contribution < 1.29 is 0 Å². The maximum absolute atomic E-state index is 2.48. The van der Waals surface area contributed by atoms with E-state index in [-0.39, 0.29) is 0 Å². The van der Waals surface area contributed by atoms with E-state index in [9.17, 15) is 0 Å². The fourth-order valence-electron chi connectivity index (χ4n) is 10.0. The summed E-state index contributed by atoms with van der Waals surface area (Å²) in [6, 6.07) is 71.7. The molecule has 0 fully saturated rings. The lowest BCUT2D eigenvalue weighted by Gasteiger charge is -2.35. The Kier molecular flexibility index (Phi) is 8.67. The lowest BCUT2D eigenvalue weighted by Crippen LogP contribution is -2.28. The van der Waals surface area contributed by atoms with Crippen LogP contribution in [0.15, 0.2) is 218 Å². The van der Waals surface area contributed by atoms with Gasteiger partial charge in [-0.05, 0) is 127 Å².